The van der Waals surface area contributed by atoms with Crippen LogP contribution >= 0.6 is 39.1 Å². The van der Waals surface area contributed by atoms with E-state index in [0.29, 0.717) is 31.6 Å². The first-order chi connectivity index (χ1) is 10.4. The van der Waals surface area contributed by atoms with E-state index in [0.717, 1.165) is 5.56 Å². The molecule has 2 rings (SSSR count). The van der Waals surface area contributed by atoms with Gasteiger partial charge < -0.3 is 15.2 Å². The molecule has 1 amide bonds. The van der Waals surface area contributed by atoms with E-state index in [4.69, 9.17) is 38.4 Å². The molecule has 2 N–H and O–H groups in total. The molecule has 0 aliphatic heterocycles. The zero-order valence-corrected chi connectivity index (χ0v) is 14.6. The van der Waals surface area contributed by atoms with Crippen LogP contribution in [-0.4, -0.2) is 13.0 Å². The van der Waals surface area contributed by atoms with E-state index >= 15 is 0 Å². The van der Waals surface area contributed by atoms with Gasteiger partial charge in [-0.1, -0.05) is 29.3 Å². The molecule has 0 heterocycles. The summed E-state index contributed by atoms with van der Waals surface area (Å²) < 4.78 is 11.6. The summed E-state index contributed by atoms with van der Waals surface area (Å²) in [5.41, 5.74) is 6.44. The predicted octanol–water partition coefficient (Wildman–Crippen LogP) is 4.44. The Labute approximate surface area is 146 Å². The Kier molecular flexibility index (Phi) is 5.56. The van der Waals surface area contributed by atoms with Crippen molar-refractivity contribution in [2.24, 2.45) is 5.73 Å². The van der Waals surface area contributed by atoms with Crippen molar-refractivity contribution in [3.05, 3.63) is 56.0 Å². The number of rotatable bonds is 5. The first-order valence-corrected chi connectivity index (χ1v) is 7.71. The van der Waals surface area contributed by atoms with Crippen LogP contribution in [0.15, 0.2) is 34.8 Å². The summed E-state index contributed by atoms with van der Waals surface area (Å²) in [5, 5.41) is 0.938. The highest BCUT2D eigenvalue weighted by Gasteiger charge is 2.14. The lowest BCUT2D eigenvalue weighted by molar-refractivity contribution is 0.1000. The summed E-state index contributed by atoms with van der Waals surface area (Å²) >= 11 is 15.2. The van der Waals surface area contributed by atoms with Crippen molar-refractivity contribution in [1.82, 2.24) is 0 Å². The molecule has 0 radical (unpaired) electrons. The molecule has 7 heteroatoms. The van der Waals surface area contributed by atoms with Crippen LogP contribution in [0.5, 0.6) is 11.5 Å². The van der Waals surface area contributed by atoms with Gasteiger partial charge in [0.25, 0.3) is 0 Å². The number of ether oxygens (including phenoxy) is 2. The molecule has 0 fully saturated rings. The van der Waals surface area contributed by atoms with Gasteiger partial charge in [-0.15, -0.1) is 0 Å². The average molecular weight is 405 g/mol. The van der Waals surface area contributed by atoms with E-state index in [1.165, 1.54) is 13.2 Å². The summed E-state index contributed by atoms with van der Waals surface area (Å²) in [6, 6.07) is 8.34. The standard InChI is InChI=1S/C15H12BrCl2NO3/c1-21-13-6-9(15(19)20)5-10(16)14(13)22-7-8-2-3-11(17)12(18)4-8/h2-6H,7H2,1H3,(H2,19,20). The van der Waals surface area contributed by atoms with Gasteiger partial charge in [0.1, 0.15) is 6.61 Å². The van der Waals surface area contributed by atoms with Crippen molar-refractivity contribution in [3.63, 3.8) is 0 Å². The minimum absolute atomic E-state index is 0.266. The van der Waals surface area contributed by atoms with Gasteiger partial charge in [0.2, 0.25) is 5.91 Å². The maximum atomic E-state index is 11.3. The minimum atomic E-state index is -0.546. The smallest absolute Gasteiger partial charge is 0.248 e. The number of primary amides is 1. The minimum Gasteiger partial charge on any atom is -0.493 e. The molecule has 0 aromatic heterocycles. The fourth-order valence-electron chi connectivity index (χ4n) is 1.79. The molecule has 2 aromatic carbocycles. The summed E-state index contributed by atoms with van der Waals surface area (Å²) in [6.45, 7) is 0.266. The Hall–Kier alpha value is -1.43. The fraction of sp³-hybridized carbons (Fsp3) is 0.133. The molecule has 0 atom stereocenters. The topological polar surface area (TPSA) is 61.5 Å². The van der Waals surface area contributed by atoms with Gasteiger partial charge in [-0.3, -0.25) is 4.79 Å². The number of hydrogen-bond donors (Lipinski definition) is 1. The van der Waals surface area contributed by atoms with Crippen molar-refractivity contribution in [1.29, 1.82) is 0 Å². The van der Waals surface area contributed by atoms with E-state index in [2.05, 4.69) is 15.9 Å². The maximum absolute atomic E-state index is 11.3. The molecule has 22 heavy (non-hydrogen) atoms. The third-order valence-electron chi connectivity index (χ3n) is 2.88. The second-order valence-electron chi connectivity index (χ2n) is 4.39. The predicted molar refractivity (Wildman–Crippen MR) is 90.0 cm³/mol. The largest absolute Gasteiger partial charge is 0.493 e. The van der Waals surface area contributed by atoms with E-state index in [9.17, 15) is 4.79 Å². The molecule has 0 saturated heterocycles. The van der Waals surface area contributed by atoms with Crippen LogP contribution in [0.2, 0.25) is 10.0 Å². The Morgan fingerprint density at radius 2 is 1.95 bits per heavy atom. The number of carbonyl (C=O) groups excluding carboxylic acids is 1. The number of amides is 1. The average Bonchev–Trinajstić information content (AvgIpc) is 2.48. The maximum Gasteiger partial charge on any atom is 0.248 e. The monoisotopic (exact) mass is 403 g/mol. The Morgan fingerprint density at radius 1 is 1.23 bits per heavy atom. The third-order valence-corrected chi connectivity index (χ3v) is 4.21. The lowest BCUT2D eigenvalue weighted by atomic mass is 10.2. The normalized spacial score (nSPS) is 10.4. The van der Waals surface area contributed by atoms with Gasteiger partial charge in [0.05, 0.1) is 21.6 Å². The highest BCUT2D eigenvalue weighted by atomic mass is 79.9. The molecule has 0 saturated carbocycles. The first-order valence-electron chi connectivity index (χ1n) is 6.16. The fourth-order valence-corrected chi connectivity index (χ4v) is 2.66. The molecule has 0 aliphatic rings. The van der Waals surface area contributed by atoms with Crippen molar-refractivity contribution >= 4 is 45.0 Å². The van der Waals surface area contributed by atoms with Crippen molar-refractivity contribution < 1.29 is 14.3 Å². The summed E-state index contributed by atoms with van der Waals surface area (Å²) in [6.07, 6.45) is 0. The Bertz CT molecular complexity index is 722. The van der Waals surface area contributed by atoms with Crippen molar-refractivity contribution in [2.75, 3.05) is 7.11 Å². The van der Waals surface area contributed by atoms with Crippen LogP contribution in [0, 0.1) is 0 Å². The van der Waals surface area contributed by atoms with Gasteiger partial charge in [-0.25, -0.2) is 0 Å². The first kappa shape index (κ1) is 16.9. The highest BCUT2D eigenvalue weighted by Crippen LogP contribution is 2.37. The van der Waals surface area contributed by atoms with Crippen molar-refractivity contribution in [2.45, 2.75) is 6.61 Å². The molecule has 2 aromatic rings. The van der Waals surface area contributed by atoms with Crippen LogP contribution in [0.1, 0.15) is 15.9 Å². The molecule has 4 nitrogen and oxygen atoms in total. The van der Waals surface area contributed by atoms with Crippen LogP contribution in [-0.2, 0) is 6.61 Å². The molecule has 116 valence electrons. The zero-order valence-electron chi connectivity index (χ0n) is 11.5. The van der Waals surface area contributed by atoms with Gasteiger partial charge >= 0.3 is 0 Å². The number of hydrogen-bond acceptors (Lipinski definition) is 3. The number of benzene rings is 2. The van der Waals surface area contributed by atoms with Gasteiger partial charge in [0.15, 0.2) is 11.5 Å². The lowest BCUT2D eigenvalue weighted by Gasteiger charge is -2.14. The molecular formula is C15H12BrCl2NO3. The van der Waals surface area contributed by atoms with Crippen LogP contribution in [0.4, 0.5) is 0 Å². The zero-order chi connectivity index (χ0) is 16.3. The van der Waals surface area contributed by atoms with Crippen molar-refractivity contribution in [3.8, 4) is 11.5 Å². The Morgan fingerprint density at radius 3 is 2.55 bits per heavy atom. The third kappa shape index (κ3) is 3.85. The van der Waals surface area contributed by atoms with Crippen LogP contribution < -0.4 is 15.2 Å². The summed E-state index contributed by atoms with van der Waals surface area (Å²) in [7, 11) is 1.48. The molecule has 0 spiro atoms. The second-order valence-corrected chi connectivity index (χ2v) is 6.06. The van der Waals surface area contributed by atoms with Gasteiger partial charge in [0, 0.05) is 5.56 Å². The lowest BCUT2D eigenvalue weighted by Crippen LogP contribution is -2.11. The molecule has 0 aliphatic carbocycles. The van der Waals surface area contributed by atoms with E-state index in [-0.39, 0.29) is 6.61 Å². The SMILES string of the molecule is COc1cc(C(N)=O)cc(Br)c1OCc1ccc(Cl)c(Cl)c1. The highest BCUT2D eigenvalue weighted by molar-refractivity contribution is 9.10. The summed E-state index contributed by atoms with van der Waals surface area (Å²) in [4.78, 5) is 11.3. The number of carbonyl (C=O) groups is 1. The molecular weight excluding hydrogens is 393 g/mol. The number of methoxy groups -OCH3 is 1. The quantitative estimate of drug-likeness (QED) is 0.800. The molecule has 0 unspecified atom stereocenters. The van der Waals surface area contributed by atoms with E-state index < -0.39 is 5.91 Å². The van der Waals surface area contributed by atoms with Gasteiger partial charge in [-0.05, 0) is 45.8 Å². The Balaban J connectivity index is 2.25. The van der Waals surface area contributed by atoms with E-state index in [1.807, 2.05) is 6.07 Å². The van der Waals surface area contributed by atoms with Gasteiger partial charge in [-0.2, -0.15) is 0 Å². The van der Waals surface area contributed by atoms with Crippen LogP contribution in [0.3, 0.4) is 0 Å². The number of nitrogens with two attached hydrogens (primary N) is 1. The van der Waals surface area contributed by atoms with E-state index in [1.54, 1.807) is 18.2 Å². The van der Waals surface area contributed by atoms with Crippen LogP contribution in [0.25, 0.3) is 0 Å². The number of halogens is 3. The molecule has 0 bridgehead atoms. The second kappa shape index (κ2) is 7.22. The summed E-state index contributed by atoms with van der Waals surface area (Å²) in [5.74, 6) is 0.330.